The van der Waals surface area contributed by atoms with Gasteiger partial charge in [-0.25, -0.2) is 9.78 Å². The summed E-state index contributed by atoms with van der Waals surface area (Å²) >= 11 is 0. The van der Waals surface area contributed by atoms with Crippen LogP contribution < -0.4 is 16.0 Å². The van der Waals surface area contributed by atoms with Crippen LogP contribution in [-0.4, -0.2) is 45.0 Å². The summed E-state index contributed by atoms with van der Waals surface area (Å²) in [5, 5.41) is 24.4. The minimum Gasteiger partial charge on any atom is -0.478 e. The highest BCUT2D eigenvalue weighted by Gasteiger charge is 2.28. The maximum absolute atomic E-state index is 11.2. The Morgan fingerprint density at radius 2 is 1.89 bits per heavy atom. The van der Waals surface area contributed by atoms with E-state index in [0.29, 0.717) is 5.56 Å². The fraction of sp³-hybridized carbons (Fsp3) is 0.250. The van der Waals surface area contributed by atoms with E-state index < -0.39 is 5.97 Å². The molecular weight excluding hydrogens is 452 g/mol. The molecule has 4 N–H and O–H groups in total. The Labute approximate surface area is 210 Å². The smallest absolute Gasteiger partial charge is 0.335 e. The zero-order valence-corrected chi connectivity index (χ0v) is 20.3. The molecule has 1 aliphatic heterocycles. The predicted molar refractivity (Wildman–Crippen MR) is 141 cm³/mol. The number of aryl methyl sites for hydroxylation is 1. The second kappa shape index (κ2) is 10.2. The molecule has 0 saturated carbocycles. The van der Waals surface area contributed by atoms with Gasteiger partial charge in [-0.05, 0) is 35.2 Å². The molecule has 1 aliphatic rings. The van der Waals surface area contributed by atoms with Crippen LogP contribution in [0.15, 0.2) is 79.3 Å². The maximum atomic E-state index is 11.2. The molecule has 4 aromatic rings. The minimum absolute atomic E-state index is 0.0485. The predicted octanol–water partition coefficient (Wildman–Crippen LogP) is 4.52. The molecular formula is C28H30N6O2. The van der Waals surface area contributed by atoms with Gasteiger partial charge in [0, 0.05) is 43.7 Å². The zero-order valence-electron chi connectivity index (χ0n) is 20.3. The van der Waals surface area contributed by atoms with Crippen molar-refractivity contribution in [3.05, 3.63) is 95.9 Å². The molecule has 5 rings (SSSR count). The Bertz CT molecular complexity index is 1340. The van der Waals surface area contributed by atoms with Crippen molar-refractivity contribution in [2.24, 2.45) is 7.05 Å². The summed E-state index contributed by atoms with van der Waals surface area (Å²) < 4.78 is 1.79. The molecule has 0 fully saturated rings. The van der Waals surface area contributed by atoms with Crippen molar-refractivity contribution in [3.63, 3.8) is 0 Å². The lowest BCUT2D eigenvalue weighted by Gasteiger charge is -2.35. The van der Waals surface area contributed by atoms with Crippen molar-refractivity contribution in [1.29, 1.82) is 0 Å². The van der Waals surface area contributed by atoms with Crippen LogP contribution >= 0.6 is 0 Å². The zero-order chi connectivity index (χ0) is 25.1. The van der Waals surface area contributed by atoms with Crippen molar-refractivity contribution in [2.45, 2.75) is 24.9 Å². The van der Waals surface area contributed by atoms with Gasteiger partial charge in [-0.3, -0.25) is 4.68 Å². The molecule has 0 radical (unpaired) electrons. The molecule has 36 heavy (non-hydrogen) atoms. The SMILES string of the molecule is C[C@H](CNC(c1ccccc1)[C@H]1CNc2cc(-c3cnn(C)c3)cnc2N1)c1ccc(C(=O)O)cc1. The number of hydrogen-bond donors (Lipinski definition) is 4. The molecule has 2 aromatic heterocycles. The molecule has 0 aliphatic carbocycles. The molecule has 8 nitrogen and oxygen atoms in total. The number of pyridine rings is 1. The number of nitrogens with one attached hydrogen (secondary N) is 3. The molecule has 0 spiro atoms. The van der Waals surface area contributed by atoms with E-state index in [1.54, 1.807) is 16.8 Å². The largest absolute Gasteiger partial charge is 0.478 e. The molecule has 3 heterocycles. The van der Waals surface area contributed by atoms with Crippen molar-refractivity contribution >= 4 is 17.5 Å². The van der Waals surface area contributed by atoms with Gasteiger partial charge in [0.25, 0.3) is 0 Å². The van der Waals surface area contributed by atoms with Crippen LogP contribution in [-0.2, 0) is 7.05 Å². The van der Waals surface area contributed by atoms with Crippen LogP contribution in [0, 0.1) is 0 Å². The molecule has 184 valence electrons. The summed E-state index contributed by atoms with van der Waals surface area (Å²) in [6.07, 6.45) is 5.70. The van der Waals surface area contributed by atoms with Crippen molar-refractivity contribution in [1.82, 2.24) is 20.1 Å². The second-order valence-corrected chi connectivity index (χ2v) is 9.28. The first kappa shape index (κ1) is 23.6. The third kappa shape index (κ3) is 5.08. The standard InChI is InChI=1S/C28H30N6O2/c1-18(19-8-10-21(11-9-19)28(35)36)13-30-26(20-6-4-3-5-7-20)25-16-29-24-12-22(14-31-27(24)33-25)23-15-32-34(2)17-23/h3-12,14-15,17-18,25-26,29-30H,13,16H2,1-2H3,(H,31,33)(H,35,36)/t18-,25-,26?/m1/s1. The number of aromatic nitrogens is 3. The summed E-state index contributed by atoms with van der Waals surface area (Å²) in [7, 11) is 1.91. The molecule has 8 heteroatoms. The maximum Gasteiger partial charge on any atom is 0.335 e. The van der Waals surface area contributed by atoms with Gasteiger partial charge in [-0.1, -0.05) is 49.4 Å². The highest BCUT2D eigenvalue weighted by Crippen LogP contribution is 2.32. The topological polar surface area (TPSA) is 104 Å². The van der Waals surface area contributed by atoms with Crippen molar-refractivity contribution < 1.29 is 9.90 Å². The Balaban J connectivity index is 1.32. The van der Waals surface area contributed by atoms with Crippen LogP contribution in [0.3, 0.4) is 0 Å². The fourth-order valence-electron chi connectivity index (χ4n) is 4.62. The van der Waals surface area contributed by atoms with Crippen LogP contribution in [0.5, 0.6) is 0 Å². The number of benzene rings is 2. The number of carbonyl (C=O) groups is 1. The van der Waals surface area contributed by atoms with Gasteiger partial charge >= 0.3 is 5.97 Å². The molecule has 0 bridgehead atoms. The Morgan fingerprint density at radius 3 is 2.58 bits per heavy atom. The summed E-state index contributed by atoms with van der Waals surface area (Å²) in [4.78, 5) is 15.9. The number of fused-ring (bicyclic) bond motifs is 1. The third-order valence-corrected chi connectivity index (χ3v) is 6.69. The molecule has 0 saturated heterocycles. The van der Waals surface area contributed by atoms with Gasteiger partial charge in [0.15, 0.2) is 0 Å². The van der Waals surface area contributed by atoms with Gasteiger partial charge in [-0.15, -0.1) is 0 Å². The quantitative estimate of drug-likeness (QED) is 0.293. The van der Waals surface area contributed by atoms with Crippen LogP contribution in [0.25, 0.3) is 11.1 Å². The lowest BCUT2D eigenvalue weighted by atomic mass is 9.95. The van der Waals surface area contributed by atoms with Crippen molar-refractivity contribution in [3.8, 4) is 11.1 Å². The summed E-state index contributed by atoms with van der Waals surface area (Å²) in [6, 6.07) is 19.8. The molecule has 2 aromatic carbocycles. The monoisotopic (exact) mass is 482 g/mol. The number of nitrogens with zero attached hydrogens (tertiary/aromatic N) is 3. The number of carboxylic acids is 1. The van der Waals surface area contributed by atoms with Gasteiger partial charge in [0.1, 0.15) is 5.82 Å². The van der Waals surface area contributed by atoms with E-state index in [2.05, 4.69) is 58.3 Å². The normalized spacial score (nSPS) is 16.3. The second-order valence-electron chi connectivity index (χ2n) is 9.28. The Morgan fingerprint density at radius 1 is 1.11 bits per heavy atom. The highest BCUT2D eigenvalue weighted by molar-refractivity contribution is 5.87. The van der Waals surface area contributed by atoms with E-state index in [9.17, 15) is 9.90 Å². The summed E-state index contributed by atoms with van der Waals surface area (Å²) in [5.74, 6) is 0.135. The first-order chi connectivity index (χ1) is 17.5. The molecule has 3 atom stereocenters. The minimum atomic E-state index is -0.909. The van der Waals surface area contributed by atoms with Crippen molar-refractivity contribution in [2.75, 3.05) is 23.7 Å². The van der Waals surface area contributed by atoms with E-state index >= 15 is 0 Å². The van der Waals surface area contributed by atoms with Gasteiger partial charge in [-0.2, -0.15) is 5.10 Å². The van der Waals surface area contributed by atoms with E-state index in [1.165, 1.54) is 5.56 Å². The number of carboxylic acid groups (broad SMARTS) is 1. The van der Waals surface area contributed by atoms with Gasteiger partial charge in [0.05, 0.1) is 29.5 Å². The first-order valence-electron chi connectivity index (χ1n) is 12.1. The lowest BCUT2D eigenvalue weighted by molar-refractivity contribution is 0.0697. The van der Waals surface area contributed by atoms with E-state index in [0.717, 1.165) is 41.3 Å². The summed E-state index contributed by atoms with van der Waals surface area (Å²) in [5.41, 5.74) is 5.63. The van der Waals surface area contributed by atoms with E-state index in [4.69, 9.17) is 4.98 Å². The molecule has 1 unspecified atom stereocenters. The number of hydrogen-bond acceptors (Lipinski definition) is 6. The van der Waals surface area contributed by atoms with Gasteiger partial charge in [0.2, 0.25) is 0 Å². The number of anilines is 2. The van der Waals surface area contributed by atoms with Crippen LogP contribution in [0.2, 0.25) is 0 Å². The third-order valence-electron chi connectivity index (χ3n) is 6.69. The van der Waals surface area contributed by atoms with Crippen LogP contribution in [0.4, 0.5) is 11.5 Å². The first-order valence-corrected chi connectivity index (χ1v) is 12.1. The average Bonchev–Trinajstić information content (AvgIpc) is 3.35. The fourth-order valence-corrected chi connectivity index (χ4v) is 4.62. The lowest BCUT2D eigenvalue weighted by Crippen LogP contribution is -2.45. The van der Waals surface area contributed by atoms with E-state index in [1.807, 2.05) is 43.8 Å². The van der Waals surface area contributed by atoms with Crippen LogP contribution in [0.1, 0.15) is 40.4 Å². The van der Waals surface area contributed by atoms with E-state index in [-0.39, 0.29) is 18.0 Å². The highest BCUT2D eigenvalue weighted by atomic mass is 16.4. The number of aromatic carboxylic acids is 1. The summed E-state index contributed by atoms with van der Waals surface area (Å²) in [6.45, 7) is 3.62. The average molecular weight is 483 g/mol. The molecule has 0 amide bonds. The Hall–Kier alpha value is -4.17. The Kier molecular flexibility index (Phi) is 6.69. The van der Waals surface area contributed by atoms with Gasteiger partial charge < -0.3 is 21.1 Å². The number of rotatable bonds is 8.